The van der Waals surface area contributed by atoms with Gasteiger partial charge in [0.1, 0.15) is 22.3 Å². The molecule has 56 heavy (non-hydrogen) atoms. The molecule has 0 unspecified atom stereocenters. The van der Waals surface area contributed by atoms with E-state index < -0.39 is 0 Å². The van der Waals surface area contributed by atoms with Gasteiger partial charge in [-0.1, -0.05) is 127 Å². The van der Waals surface area contributed by atoms with Crippen LogP contribution in [0.1, 0.15) is 0 Å². The highest BCUT2D eigenvalue weighted by Gasteiger charge is 2.26. The van der Waals surface area contributed by atoms with Crippen molar-refractivity contribution in [2.24, 2.45) is 0 Å². The predicted molar refractivity (Wildman–Crippen MR) is 233 cm³/mol. The fourth-order valence-electron chi connectivity index (χ4n) is 8.94. The summed E-state index contributed by atoms with van der Waals surface area (Å²) in [7, 11) is 0. The fraction of sp³-hybridized carbons (Fsp3) is 0. The first kappa shape index (κ1) is 30.9. The van der Waals surface area contributed by atoms with Gasteiger partial charge in [-0.3, -0.25) is 0 Å². The zero-order valence-corrected chi connectivity index (χ0v) is 30.2. The number of nitrogens with zero attached hydrogens (tertiary/aromatic N) is 2. The van der Waals surface area contributed by atoms with Gasteiger partial charge in [-0.25, -0.2) is 0 Å². The second-order valence-electron chi connectivity index (χ2n) is 14.4. The molecule has 0 fully saturated rings. The molecular formula is C52H32N2O2. The third kappa shape index (κ3) is 4.47. The zero-order chi connectivity index (χ0) is 36.7. The summed E-state index contributed by atoms with van der Waals surface area (Å²) in [6.45, 7) is 0. The number of benzene rings is 9. The maximum atomic E-state index is 6.80. The van der Waals surface area contributed by atoms with Gasteiger partial charge in [0.05, 0.1) is 39.2 Å². The van der Waals surface area contributed by atoms with Gasteiger partial charge in [-0.05, 0) is 77.7 Å². The number of hydrogen-bond donors (Lipinski definition) is 0. The van der Waals surface area contributed by atoms with Crippen LogP contribution in [0.3, 0.4) is 0 Å². The maximum absolute atomic E-state index is 6.80. The van der Waals surface area contributed by atoms with Crippen molar-refractivity contribution in [2.45, 2.75) is 0 Å². The summed E-state index contributed by atoms with van der Waals surface area (Å²) in [6.07, 6.45) is 0. The van der Waals surface area contributed by atoms with E-state index in [-0.39, 0.29) is 0 Å². The Balaban J connectivity index is 1.19. The van der Waals surface area contributed by atoms with Crippen LogP contribution in [0, 0.1) is 0 Å². The molecule has 0 saturated heterocycles. The molecule has 9 aromatic carbocycles. The number of para-hydroxylation sites is 6. The van der Waals surface area contributed by atoms with Gasteiger partial charge < -0.3 is 18.3 Å². The van der Waals surface area contributed by atoms with E-state index in [1.54, 1.807) is 0 Å². The van der Waals surface area contributed by atoms with Gasteiger partial charge in [0, 0.05) is 37.9 Å². The highest BCUT2D eigenvalue weighted by atomic mass is 16.3. The van der Waals surface area contributed by atoms with Crippen molar-refractivity contribution in [2.75, 3.05) is 4.90 Å². The molecule has 12 aromatic rings. The maximum Gasteiger partial charge on any atom is 0.143 e. The fourth-order valence-corrected chi connectivity index (χ4v) is 8.94. The number of anilines is 3. The summed E-state index contributed by atoms with van der Waals surface area (Å²) in [6, 6.07) is 69.1. The smallest absolute Gasteiger partial charge is 0.143 e. The van der Waals surface area contributed by atoms with Crippen LogP contribution in [0.4, 0.5) is 17.1 Å². The van der Waals surface area contributed by atoms with E-state index in [1.807, 2.05) is 12.1 Å². The summed E-state index contributed by atoms with van der Waals surface area (Å²) in [5, 5.41) is 9.05. The van der Waals surface area contributed by atoms with E-state index in [0.29, 0.717) is 0 Å². The molecule has 0 aliphatic carbocycles. The van der Waals surface area contributed by atoms with Gasteiger partial charge in [-0.15, -0.1) is 0 Å². The van der Waals surface area contributed by atoms with E-state index >= 15 is 0 Å². The molecule has 0 spiro atoms. The van der Waals surface area contributed by atoms with Gasteiger partial charge in [0.2, 0.25) is 0 Å². The second-order valence-corrected chi connectivity index (χ2v) is 14.4. The topological polar surface area (TPSA) is 34.5 Å². The predicted octanol–water partition coefficient (Wildman–Crippen LogP) is 14.9. The van der Waals surface area contributed by atoms with Crippen molar-refractivity contribution in [1.82, 2.24) is 4.57 Å². The summed E-state index contributed by atoms with van der Waals surface area (Å²) >= 11 is 0. The largest absolute Gasteiger partial charge is 0.456 e. The Kier molecular flexibility index (Phi) is 6.60. The lowest BCUT2D eigenvalue weighted by Crippen LogP contribution is -2.14. The van der Waals surface area contributed by atoms with Gasteiger partial charge >= 0.3 is 0 Å². The van der Waals surface area contributed by atoms with Crippen LogP contribution < -0.4 is 4.90 Å². The standard InChI is InChI=1S/C52H32N2O2/c1-2-16-36-33(14-1)28-30-40-51-47(25-13-27-50(51)56-52(36)40)54(42-20-7-3-15-35(42)34-29-31-49-41(32-34)39-19-6-12-26-48(39)55-49)46-24-11-10-23-45(46)53-43-21-8-4-17-37(43)38-18-5-9-22-44(38)53/h1-32H. The van der Waals surface area contributed by atoms with Crippen LogP contribution in [-0.2, 0) is 0 Å². The quantitative estimate of drug-likeness (QED) is 0.178. The normalized spacial score (nSPS) is 11.9. The molecule has 3 heterocycles. The first-order chi connectivity index (χ1) is 27.8. The van der Waals surface area contributed by atoms with Gasteiger partial charge in [0.25, 0.3) is 0 Å². The van der Waals surface area contributed by atoms with Crippen molar-refractivity contribution >= 4 is 93.5 Å². The average molecular weight is 717 g/mol. The minimum atomic E-state index is 0.844. The van der Waals surface area contributed by atoms with Crippen molar-refractivity contribution < 1.29 is 8.83 Å². The molecule has 0 N–H and O–H groups in total. The van der Waals surface area contributed by atoms with Crippen LogP contribution >= 0.6 is 0 Å². The summed E-state index contributed by atoms with van der Waals surface area (Å²) in [5.74, 6) is 0. The van der Waals surface area contributed by atoms with Crippen LogP contribution in [0.25, 0.3) is 93.3 Å². The van der Waals surface area contributed by atoms with Gasteiger partial charge in [0.15, 0.2) is 0 Å². The molecule has 0 aliphatic rings. The number of fused-ring (bicyclic) bond motifs is 11. The Bertz CT molecular complexity index is 3460. The highest BCUT2D eigenvalue weighted by Crippen LogP contribution is 2.49. The minimum absolute atomic E-state index is 0.844. The van der Waals surface area contributed by atoms with E-state index in [9.17, 15) is 0 Å². The molecule has 0 aliphatic heterocycles. The molecule has 0 saturated carbocycles. The summed E-state index contributed by atoms with van der Waals surface area (Å²) in [5.41, 5.74) is 12.2. The molecule has 4 heteroatoms. The van der Waals surface area contributed by atoms with Crippen LogP contribution in [0.15, 0.2) is 203 Å². The highest BCUT2D eigenvalue weighted by molar-refractivity contribution is 6.20. The molecule has 0 amide bonds. The number of rotatable bonds is 5. The molecule has 0 bridgehead atoms. The first-order valence-corrected chi connectivity index (χ1v) is 19.0. The lowest BCUT2D eigenvalue weighted by molar-refractivity contribution is 0.669. The summed E-state index contributed by atoms with van der Waals surface area (Å²) < 4.78 is 15.5. The SMILES string of the molecule is c1ccc(N(c2ccccc2-n2c3ccccc3c3ccccc32)c2cccc3oc4c5ccccc5ccc4c23)c(-c2ccc3oc4ccccc4c3c2)c1. The Morgan fingerprint density at radius 1 is 0.375 bits per heavy atom. The van der Waals surface area contributed by atoms with E-state index in [2.05, 4.69) is 191 Å². The van der Waals surface area contributed by atoms with Crippen LogP contribution in [0.2, 0.25) is 0 Å². The van der Waals surface area contributed by atoms with Crippen molar-refractivity contribution in [3.8, 4) is 16.8 Å². The third-order valence-corrected chi connectivity index (χ3v) is 11.4. The molecule has 3 aromatic heterocycles. The molecule has 4 nitrogen and oxygen atoms in total. The van der Waals surface area contributed by atoms with Crippen molar-refractivity contribution in [3.05, 3.63) is 194 Å². The molecule has 0 atom stereocenters. The average Bonchev–Trinajstić information content (AvgIpc) is 3.94. The Morgan fingerprint density at radius 3 is 1.84 bits per heavy atom. The minimum Gasteiger partial charge on any atom is -0.456 e. The monoisotopic (exact) mass is 716 g/mol. The van der Waals surface area contributed by atoms with Crippen molar-refractivity contribution in [3.63, 3.8) is 0 Å². The van der Waals surface area contributed by atoms with E-state index in [1.165, 1.54) is 10.8 Å². The first-order valence-electron chi connectivity index (χ1n) is 19.0. The Labute approximate surface area is 321 Å². The molecular weight excluding hydrogens is 685 g/mol. The number of furan rings is 2. The lowest BCUT2D eigenvalue weighted by Gasteiger charge is -2.30. The zero-order valence-electron chi connectivity index (χ0n) is 30.2. The second kappa shape index (κ2) is 12.0. The molecule has 0 radical (unpaired) electrons. The van der Waals surface area contributed by atoms with Gasteiger partial charge in [-0.2, -0.15) is 0 Å². The molecule has 262 valence electrons. The van der Waals surface area contributed by atoms with E-state index in [0.717, 1.165) is 99.6 Å². The summed E-state index contributed by atoms with van der Waals surface area (Å²) in [4.78, 5) is 2.44. The van der Waals surface area contributed by atoms with Crippen LogP contribution in [-0.4, -0.2) is 4.57 Å². The van der Waals surface area contributed by atoms with Crippen molar-refractivity contribution in [1.29, 1.82) is 0 Å². The number of aromatic nitrogens is 1. The number of hydrogen-bond acceptors (Lipinski definition) is 3. The lowest BCUT2D eigenvalue weighted by atomic mass is 9.98. The molecule has 12 rings (SSSR count). The Hall–Kier alpha value is -7.56. The van der Waals surface area contributed by atoms with Crippen LogP contribution in [0.5, 0.6) is 0 Å². The Morgan fingerprint density at radius 2 is 1.00 bits per heavy atom. The third-order valence-electron chi connectivity index (χ3n) is 11.4. The van der Waals surface area contributed by atoms with E-state index in [4.69, 9.17) is 8.83 Å².